The number of allylic oxidation sites excluding steroid dienone is 2. The lowest BCUT2D eigenvalue weighted by molar-refractivity contribution is -0.157. The van der Waals surface area contributed by atoms with Gasteiger partial charge in [-0.15, -0.1) is 0 Å². The Morgan fingerprint density at radius 2 is 1.77 bits per heavy atom. The Morgan fingerprint density at radius 3 is 2.23 bits per heavy atom. The second-order valence-electron chi connectivity index (χ2n) is 10.6. The lowest BCUT2D eigenvalue weighted by Crippen LogP contribution is -2.43. The van der Waals surface area contributed by atoms with Gasteiger partial charge in [-0.25, -0.2) is 0 Å². The van der Waals surface area contributed by atoms with Crippen LogP contribution in [0.25, 0.3) is 0 Å². The molecule has 1 aliphatic rings. The van der Waals surface area contributed by atoms with E-state index in [1.54, 1.807) is 0 Å². The smallest absolute Gasteiger partial charge is 0.192 e. The minimum Gasteiger partial charge on any atom is -0.414 e. The second kappa shape index (κ2) is 8.46. The minimum atomic E-state index is -1.66. The first kappa shape index (κ1) is 23.9. The van der Waals surface area contributed by atoms with Gasteiger partial charge in [-0.05, 0) is 85.4 Å². The van der Waals surface area contributed by atoms with E-state index >= 15 is 0 Å². The minimum absolute atomic E-state index is 0.154. The lowest BCUT2D eigenvalue weighted by atomic mass is 9.95. The van der Waals surface area contributed by atoms with Gasteiger partial charge in [-0.3, -0.25) is 0 Å². The van der Waals surface area contributed by atoms with Gasteiger partial charge in [-0.1, -0.05) is 32.4 Å². The lowest BCUT2D eigenvalue weighted by Gasteiger charge is -2.38. The molecule has 0 radical (unpaired) electrons. The Bertz CT molecular complexity index is 486. The SMILES string of the molecule is C/C(=C\CC[C@@H](C)O[Si](C)(C)C(C)(C)C)CC[C@@H]1OC(C)(C)OC1(C)C. The van der Waals surface area contributed by atoms with E-state index in [0.29, 0.717) is 6.10 Å². The largest absolute Gasteiger partial charge is 0.414 e. The maximum absolute atomic E-state index is 6.45. The maximum atomic E-state index is 6.45. The first-order chi connectivity index (χ1) is 11.6. The highest BCUT2D eigenvalue weighted by atomic mass is 28.4. The fraction of sp³-hybridized carbons (Fsp3) is 0.909. The van der Waals surface area contributed by atoms with E-state index in [4.69, 9.17) is 13.9 Å². The van der Waals surface area contributed by atoms with Crippen LogP contribution in [0.3, 0.4) is 0 Å². The van der Waals surface area contributed by atoms with Crippen molar-refractivity contribution in [2.45, 2.75) is 130 Å². The number of hydrogen-bond acceptors (Lipinski definition) is 3. The number of rotatable bonds is 8. The summed E-state index contributed by atoms with van der Waals surface area (Å²) in [5.41, 5.74) is 1.23. The van der Waals surface area contributed by atoms with Gasteiger partial charge in [0.2, 0.25) is 0 Å². The summed E-state index contributed by atoms with van der Waals surface area (Å²) in [6.07, 6.45) is 7.09. The fourth-order valence-electron chi connectivity index (χ4n) is 3.38. The average Bonchev–Trinajstić information content (AvgIpc) is 2.61. The van der Waals surface area contributed by atoms with Gasteiger partial charge >= 0.3 is 0 Å². The molecule has 0 aliphatic carbocycles. The Kier molecular flexibility index (Phi) is 7.77. The van der Waals surface area contributed by atoms with Crippen molar-refractivity contribution < 1.29 is 13.9 Å². The van der Waals surface area contributed by atoms with Gasteiger partial charge in [0.1, 0.15) is 0 Å². The molecule has 1 fully saturated rings. The zero-order chi connectivity index (χ0) is 20.4. The Balaban J connectivity index is 2.41. The maximum Gasteiger partial charge on any atom is 0.192 e. The third-order valence-electron chi connectivity index (χ3n) is 5.88. The molecule has 0 aromatic heterocycles. The molecule has 0 spiro atoms. The van der Waals surface area contributed by atoms with E-state index in [-0.39, 0.29) is 16.7 Å². The van der Waals surface area contributed by atoms with Crippen LogP contribution in [0.4, 0.5) is 0 Å². The Hall–Kier alpha value is -0.163. The molecule has 3 nitrogen and oxygen atoms in total. The molecule has 0 unspecified atom stereocenters. The fourth-order valence-corrected chi connectivity index (χ4v) is 4.86. The van der Waals surface area contributed by atoms with E-state index in [2.05, 4.69) is 67.6 Å². The molecule has 0 N–H and O–H groups in total. The summed E-state index contributed by atoms with van der Waals surface area (Å²) < 4.78 is 18.5. The van der Waals surface area contributed by atoms with Crippen LogP contribution in [0.2, 0.25) is 18.1 Å². The summed E-state index contributed by atoms with van der Waals surface area (Å²) in [7, 11) is -1.66. The summed E-state index contributed by atoms with van der Waals surface area (Å²) in [4.78, 5) is 0. The molecule has 0 aromatic carbocycles. The number of hydrogen-bond donors (Lipinski definition) is 0. The van der Waals surface area contributed by atoms with E-state index in [9.17, 15) is 0 Å². The first-order valence-corrected chi connectivity index (χ1v) is 13.2. The highest BCUT2D eigenvalue weighted by Crippen LogP contribution is 2.39. The van der Waals surface area contributed by atoms with Gasteiger partial charge in [0, 0.05) is 6.10 Å². The zero-order valence-corrected chi connectivity index (χ0v) is 20.3. The molecule has 4 heteroatoms. The summed E-state index contributed by atoms with van der Waals surface area (Å²) >= 11 is 0. The van der Waals surface area contributed by atoms with E-state index in [1.807, 2.05) is 13.8 Å². The summed E-state index contributed by atoms with van der Waals surface area (Å²) in [6.45, 7) is 24.3. The van der Waals surface area contributed by atoms with Crippen LogP contribution >= 0.6 is 0 Å². The predicted molar refractivity (Wildman–Crippen MR) is 114 cm³/mol. The van der Waals surface area contributed by atoms with Crippen LogP contribution in [0, 0.1) is 0 Å². The van der Waals surface area contributed by atoms with Crippen molar-refractivity contribution in [2.75, 3.05) is 0 Å². The van der Waals surface area contributed by atoms with Gasteiger partial charge in [0.15, 0.2) is 14.1 Å². The molecular formula is C22H44O3Si. The molecule has 26 heavy (non-hydrogen) atoms. The van der Waals surface area contributed by atoms with Crippen molar-refractivity contribution >= 4 is 8.32 Å². The van der Waals surface area contributed by atoms with Gasteiger partial charge in [0.05, 0.1) is 11.7 Å². The normalized spacial score (nSPS) is 24.7. The van der Waals surface area contributed by atoms with Crippen LogP contribution in [-0.2, 0) is 13.9 Å². The molecule has 1 rings (SSSR count). The van der Waals surface area contributed by atoms with Gasteiger partial charge < -0.3 is 13.9 Å². The summed E-state index contributed by atoms with van der Waals surface area (Å²) in [6, 6.07) is 0. The van der Waals surface area contributed by atoms with E-state index < -0.39 is 14.1 Å². The molecule has 2 atom stereocenters. The molecule has 0 bridgehead atoms. The molecule has 1 aliphatic heterocycles. The standard InChI is InChI=1S/C22H44O3Si/c1-17(15-16-19-21(6,7)25-22(8,9)23-19)13-12-14-18(2)24-26(10,11)20(3,4)5/h13,18-19H,12,14-16H2,1-11H3/b17-13+/t18-,19+/m1/s1. The van der Waals surface area contributed by atoms with Gasteiger partial charge in [-0.2, -0.15) is 0 Å². The Morgan fingerprint density at radius 1 is 1.19 bits per heavy atom. The van der Waals surface area contributed by atoms with Crippen molar-refractivity contribution in [3.05, 3.63) is 11.6 Å². The quantitative estimate of drug-likeness (QED) is 0.339. The van der Waals surface area contributed by atoms with E-state index in [1.165, 1.54) is 5.57 Å². The van der Waals surface area contributed by atoms with Crippen molar-refractivity contribution in [3.63, 3.8) is 0 Å². The van der Waals surface area contributed by atoms with Crippen molar-refractivity contribution in [1.29, 1.82) is 0 Å². The van der Waals surface area contributed by atoms with E-state index in [0.717, 1.165) is 25.7 Å². The Labute approximate surface area is 164 Å². The topological polar surface area (TPSA) is 27.7 Å². The van der Waals surface area contributed by atoms with Crippen molar-refractivity contribution in [1.82, 2.24) is 0 Å². The van der Waals surface area contributed by atoms with Crippen molar-refractivity contribution in [2.24, 2.45) is 0 Å². The zero-order valence-electron chi connectivity index (χ0n) is 19.3. The van der Waals surface area contributed by atoms with Crippen molar-refractivity contribution in [3.8, 4) is 0 Å². The van der Waals surface area contributed by atoms with Gasteiger partial charge in [0.25, 0.3) is 0 Å². The number of ether oxygens (including phenoxy) is 2. The second-order valence-corrected chi connectivity index (χ2v) is 15.3. The predicted octanol–water partition coefficient (Wildman–Crippen LogP) is 6.83. The molecule has 0 aromatic rings. The third kappa shape index (κ3) is 7.10. The molecule has 1 saturated heterocycles. The summed E-state index contributed by atoms with van der Waals surface area (Å²) in [5.74, 6) is -0.470. The van der Waals surface area contributed by atoms with Crippen LogP contribution in [0.15, 0.2) is 11.6 Å². The molecular weight excluding hydrogens is 340 g/mol. The summed E-state index contributed by atoms with van der Waals surface area (Å²) in [5, 5.41) is 0.275. The monoisotopic (exact) mass is 384 g/mol. The van der Waals surface area contributed by atoms with Crippen LogP contribution in [0.1, 0.15) is 88.0 Å². The van der Waals surface area contributed by atoms with Crippen LogP contribution < -0.4 is 0 Å². The highest BCUT2D eigenvalue weighted by Gasteiger charge is 2.46. The molecule has 0 saturated carbocycles. The van der Waals surface area contributed by atoms with Crippen LogP contribution in [-0.4, -0.2) is 31.9 Å². The molecule has 0 amide bonds. The molecule has 1 heterocycles. The van der Waals surface area contributed by atoms with Crippen LogP contribution in [0.5, 0.6) is 0 Å². The molecule has 154 valence electrons. The highest BCUT2D eigenvalue weighted by molar-refractivity contribution is 6.74. The average molecular weight is 385 g/mol. The third-order valence-corrected chi connectivity index (χ3v) is 10.5. The first-order valence-electron chi connectivity index (χ1n) is 10.3.